The van der Waals surface area contributed by atoms with Crippen molar-refractivity contribution in [1.29, 1.82) is 0 Å². The first-order valence-electron chi connectivity index (χ1n) is 10.3. The predicted molar refractivity (Wildman–Crippen MR) is 128 cm³/mol. The average Bonchev–Trinajstić information content (AvgIpc) is 2.81. The lowest BCUT2D eigenvalue weighted by Crippen LogP contribution is -2.44. The Labute approximate surface area is 192 Å². The first-order valence-corrected chi connectivity index (χ1v) is 12.8. The Hall–Kier alpha value is -2.44. The van der Waals surface area contributed by atoms with Crippen LogP contribution in [0.5, 0.6) is 0 Å². The van der Waals surface area contributed by atoms with Gasteiger partial charge in [-0.25, -0.2) is 0 Å². The van der Waals surface area contributed by atoms with Crippen LogP contribution in [0.2, 0.25) is 0 Å². The molecule has 3 aromatic carbocycles. The molecular formula is C24H26NO5PS. The topological polar surface area (TPSA) is 78.7 Å². The molecule has 168 valence electrons. The second-order valence-electron chi connectivity index (χ2n) is 6.90. The van der Waals surface area contributed by atoms with Crippen molar-refractivity contribution in [2.24, 2.45) is 0 Å². The van der Waals surface area contributed by atoms with Crippen molar-refractivity contribution in [1.82, 2.24) is 0 Å². The molecule has 1 unspecified atom stereocenters. The highest BCUT2D eigenvalue weighted by Crippen LogP contribution is 2.71. The fourth-order valence-electron chi connectivity index (χ4n) is 3.78. The van der Waals surface area contributed by atoms with Crippen molar-refractivity contribution in [3.8, 4) is 0 Å². The Balaban J connectivity index is 2.41. The van der Waals surface area contributed by atoms with E-state index < -0.39 is 18.1 Å². The zero-order valence-corrected chi connectivity index (χ0v) is 19.7. The highest BCUT2D eigenvalue weighted by atomic mass is 32.2. The third kappa shape index (κ3) is 4.66. The molecule has 0 N–H and O–H groups in total. The summed E-state index contributed by atoms with van der Waals surface area (Å²) in [6.45, 7) is 3.58. The number of thioether (sulfide) groups is 1. The molecule has 0 radical (unpaired) electrons. The van der Waals surface area contributed by atoms with Gasteiger partial charge in [-0.15, -0.1) is 0 Å². The predicted octanol–water partition coefficient (Wildman–Crippen LogP) is 6.59. The van der Waals surface area contributed by atoms with Crippen LogP contribution in [0.1, 0.15) is 25.0 Å². The smallest absolute Gasteiger partial charge is 0.308 e. The third-order valence-corrected chi connectivity index (χ3v) is 9.29. The van der Waals surface area contributed by atoms with E-state index in [9.17, 15) is 14.7 Å². The van der Waals surface area contributed by atoms with Crippen molar-refractivity contribution in [2.45, 2.75) is 29.3 Å². The van der Waals surface area contributed by atoms with E-state index in [2.05, 4.69) is 0 Å². The minimum absolute atomic E-state index is 0.0825. The van der Waals surface area contributed by atoms with Crippen LogP contribution in [0.25, 0.3) is 0 Å². The van der Waals surface area contributed by atoms with Crippen molar-refractivity contribution in [3.63, 3.8) is 0 Å². The maximum Gasteiger partial charge on any atom is 0.353 e. The van der Waals surface area contributed by atoms with Gasteiger partial charge < -0.3 is 9.05 Å². The molecule has 0 aliphatic heterocycles. The van der Waals surface area contributed by atoms with E-state index in [0.717, 1.165) is 11.8 Å². The molecule has 0 aliphatic carbocycles. The lowest BCUT2D eigenvalue weighted by molar-refractivity contribution is -0.501. The number of hydrogen-bond acceptors (Lipinski definition) is 6. The van der Waals surface area contributed by atoms with E-state index >= 15 is 0 Å². The van der Waals surface area contributed by atoms with E-state index in [0.29, 0.717) is 16.0 Å². The molecule has 0 bridgehead atoms. The minimum atomic E-state index is -4.11. The summed E-state index contributed by atoms with van der Waals surface area (Å²) in [6.07, 6.45) is 0. The molecule has 6 nitrogen and oxygen atoms in total. The highest BCUT2D eigenvalue weighted by Gasteiger charge is 2.64. The molecule has 1 atom stereocenters. The van der Waals surface area contributed by atoms with Gasteiger partial charge in [0.2, 0.25) is 0 Å². The van der Waals surface area contributed by atoms with Crippen molar-refractivity contribution in [2.75, 3.05) is 13.2 Å². The maximum absolute atomic E-state index is 14.6. The van der Waals surface area contributed by atoms with E-state index in [1.54, 1.807) is 74.5 Å². The summed E-state index contributed by atoms with van der Waals surface area (Å²) in [6, 6.07) is 26.8. The summed E-state index contributed by atoms with van der Waals surface area (Å²) >= 11 is 1.04. The summed E-state index contributed by atoms with van der Waals surface area (Å²) < 4.78 is 26.3. The number of rotatable bonds is 11. The SMILES string of the molecule is CCOP(=O)(OCC)C(c1ccccc1)(c1ccccc1)C(Sc1ccccc1)[N+](=O)[O-]. The summed E-state index contributed by atoms with van der Waals surface area (Å²) in [7, 11) is -4.11. The van der Waals surface area contributed by atoms with E-state index in [1.165, 1.54) is 0 Å². The average molecular weight is 472 g/mol. The van der Waals surface area contributed by atoms with Gasteiger partial charge >= 0.3 is 7.60 Å². The van der Waals surface area contributed by atoms with Crippen LogP contribution in [0.4, 0.5) is 0 Å². The molecule has 8 heteroatoms. The first kappa shape index (κ1) is 24.2. The molecule has 3 rings (SSSR count). The standard InChI is InChI=1S/C24H26NO5PS/c1-3-29-31(28,30-4-2)24(20-14-8-5-9-15-20,21-16-10-6-11-17-21)23(25(26)27)32-22-18-12-7-13-19-22/h5-19,23H,3-4H2,1-2H3. The Morgan fingerprint density at radius 3 is 1.62 bits per heavy atom. The van der Waals surface area contributed by atoms with Gasteiger partial charge in [0.25, 0.3) is 5.37 Å². The van der Waals surface area contributed by atoms with Gasteiger partial charge in [0.15, 0.2) is 5.16 Å². The Kier molecular flexibility index (Phi) is 8.26. The first-order chi connectivity index (χ1) is 15.5. The van der Waals surface area contributed by atoms with Gasteiger partial charge in [0, 0.05) is 9.82 Å². The zero-order chi connectivity index (χ0) is 23.0. The van der Waals surface area contributed by atoms with Crippen LogP contribution in [-0.4, -0.2) is 23.5 Å². The van der Waals surface area contributed by atoms with Gasteiger partial charge in [0.05, 0.1) is 13.2 Å². The van der Waals surface area contributed by atoms with E-state index in [4.69, 9.17) is 9.05 Å². The monoisotopic (exact) mass is 471 g/mol. The molecular weight excluding hydrogens is 445 g/mol. The number of hydrogen-bond donors (Lipinski definition) is 0. The summed E-state index contributed by atoms with van der Waals surface area (Å²) in [5.74, 6) is 0. The number of nitro groups is 1. The van der Waals surface area contributed by atoms with Crippen LogP contribution >= 0.6 is 19.4 Å². The molecule has 0 spiro atoms. The Morgan fingerprint density at radius 2 is 1.25 bits per heavy atom. The van der Waals surface area contributed by atoms with Crippen LogP contribution in [0.3, 0.4) is 0 Å². The maximum atomic E-state index is 14.6. The summed E-state index contributed by atoms with van der Waals surface area (Å²) in [5.41, 5.74) is 1.00. The number of benzene rings is 3. The molecule has 0 amide bonds. The normalized spacial score (nSPS) is 12.9. The Bertz CT molecular complexity index is 1000. The summed E-state index contributed by atoms with van der Waals surface area (Å²) in [4.78, 5) is 13.0. The van der Waals surface area contributed by atoms with Crippen molar-refractivity contribution >= 4 is 19.4 Å². The van der Waals surface area contributed by atoms with Crippen LogP contribution in [0.15, 0.2) is 95.9 Å². The van der Waals surface area contributed by atoms with E-state index in [-0.39, 0.29) is 18.1 Å². The van der Waals surface area contributed by atoms with Gasteiger partial charge in [-0.05, 0) is 48.9 Å². The minimum Gasteiger partial charge on any atom is -0.308 e. The lowest BCUT2D eigenvalue weighted by Gasteiger charge is -2.40. The molecule has 0 fully saturated rings. The van der Waals surface area contributed by atoms with Gasteiger partial charge in [0.1, 0.15) is 0 Å². The molecule has 0 aromatic heterocycles. The van der Waals surface area contributed by atoms with Crippen LogP contribution in [0, 0.1) is 10.1 Å². The summed E-state index contributed by atoms with van der Waals surface area (Å²) in [5, 5.41) is 9.63. The number of nitrogens with zero attached hydrogens (tertiary/aromatic N) is 1. The molecule has 0 saturated heterocycles. The molecule has 32 heavy (non-hydrogen) atoms. The van der Waals surface area contributed by atoms with E-state index in [1.807, 2.05) is 30.3 Å². The molecule has 0 aliphatic rings. The van der Waals surface area contributed by atoms with Gasteiger partial charge in [-0.2, -0.15) is 0 Å². The zero-order valence-electron chi connectivity index (χ0n) is 18.0. The van der Waals surface area contributed by atoms with Crippen molar-refractivity contribution < 1.29 is 18.5 Å². The Morgan fingerprint density at radius 1 is 0.844 bits per heavy atom. The lowest BCUT2D eigenvalue weighted by atomic mass is 9.90. The van der Waals surface area contributed by atoms with Gasteiger partial charge in [-0.3, -0.25) is 14.7 Å². The van der Waals surface area contributed by atoms with Gasteiger partial charge in [-0.1, -0.05) is 78.9 Å². The second-order valence-corrected chi connectivity index (χ2v) is 10.3. The van der Waals surface area contributed by atoms with Crippen LogP contribution < -0.4 is 0 Å². The fourth-order valence-corrected chi connectivity index (χ4v) is 7.88. The largest absolute Gasteiger partial charge is 0.353 e. The fraction of sp³-hybridized carbons (Fsp3) is 0.250. The molecule has 0 saturated carbocycles. The van der Waals surface area contributed by atoms with Crippen LogP contribution in [-0.2, 0) is 18.8 Å². The highest BCUT2D eigenvalue weighted by molar-refractivity contribution is 8.00. The second kappa shape index (κ2) is 10.9. The quantitative estimate of drug-likeness (QED) is 0.103. The van der Waals surface area contributed by atoms with Crippen molar-refractivity contribution in [3.05, 3.63) is 112 Å². The molecule has 0 heterocycles. The third-order valence-electron chi connectivity index (χ3n) is 5.00. The molecule has 3 aromatic rings.